The highest BCUT2D eigenvalue weighted by Gasteiger charge is 2.20. The Bertz CT molecular complexity index is 1390. The molecule has 2 aromatic heterocycles. The third kappa shape index (κ3) is 4.67. The van der Waals surface area contributed by atoms with E-state index in [-0.39, 0.29) is 17.2 Å². The van der Waals surface area contributed by atoms with Gasteiger partial charge in [0.25, 0.3) is 0 Å². The van der Waals surface area contributed by atoms with Gasteiger partial charge in [-0.05, 0) is 37.3 Å². The maximum absolute atomic E-state index is 12.5. The molecule has 172 valence electrons. The van der Waals surface area contributed by atoms with E-state index >= 15 is 0 Å². The van der Waals surface area contributed by atoms with E-state index < -0.39 is 10.0 Å². The van der Waals surface area contributed by atoms with Gasteiger partial charge in [0.2, 0.25) is 15.9 Å². The first-order chi connectivity index (χ1) is 15.8. The van der Waals surface area contributed by atoms with Crippen molar-refractivity contribution < 1.29 is 13.2 Å². The van der Waals surface area contributed by atoms with Gasteiger partial charge in [-0.15, -0.1) is 0 Å². The zero-order valence-corrected chi connectivity index (χ0v) is 19.6. The molecule has 0 aliphatic heterocycles. The molecule has 0 saturated carbocycles. The molecule has 0 aliphatic carbocycles. The fourth-order valence-corrected chi connectivity index (χ4v) is 4.54. The van der Waals surface area contributed by atoms with Gasteiger partial charge in [0.15, 0.2) is 5.82 Å². The predicted molar refractivity (Wildman–Crippen MR) is 127 cm³/mol. The number of hydrogen-bond acceptors (Lipinski definition) is 5. The molecular weight excluding hydrogens is 440 g/mol. The van der Waals surface area contributed by atoms with Crippen molar-refractivity contribution in [1.82, 2.24) is 23.6 Å². The number of para-hydroxylation sites is 1. The SMILES string of the molecule is CCn1c(CCC(=O)Nc2ccn(-c3ccccc3)n2)nc2cc(S(=O)(=O)N(C)C)ccc21. The van der Waals surface area contributed by atoms with E-state index in [1.165, 1.54) is 18.4 Å². The highest BCUT2D eigenvalue weighted by atomic mass is 32.2. The predicted octanol–water partition coefficient (Wildman–Crippen LogP) is 3.06. The molecule has 1 amide bonds. The summed E-state index contributed by atoms with van der Waals surface area (Å²) < 4.78 is 29.8. The number of anilines is 1. The van der Waals surface area contributed by atoms with Crippen molar-refractivity contribution in [1.29, 1.82) is 0 Å². The lowest BCUT2D eigenvalue weighted by atomic mass is 10.2. The fourth-order valence-electron chi connectivity index (χ4n) is 3.62. The Morgan fingerprint density at radius 3 is 2.55 bits per heavy atom. The Morgan fingerprint density at radius 2 is 1.85 bits per heavy atom. The highest BCUT2D eigenvalue weighted by molar-refractivity contribution is 7.89. The second-order valence-corrected chi connectivity index (χ2v) is 9.89. The van der Waals surface area contributed by atoms with E-state index in [0.717, 1.165) is 17.0 Å². The van der Waals surface area contributed by atoms with Gasteiger partial charge in [0.1, 0.15) is 5.82 Å². The number of rotatable bonds is 8. The summed E-state index contributed by atoms with van der Waals surface area (Å²) in [7, 11) is -0.552. The number of aromatic nitrogens is 4. The summed E-state index contributed by atoms with van der Waals surface area (Å²) in [6.07, 6.45) is 2.44. The third-order valence-electron chi connectivity index (χ3n) is 5.35. The monoisotopic (exact) mass is 466 g/mol. The summed E-state index contributed by atoms with van der Waals surface area (Å²) in [6.45, 7) is 2.65. The number of carbonyl (C=O) groups excluding carboxylic acids is 1. The van der Waals surface area contributed by atoms with Gasteiger partial charge in [-0.1, -0.05) is 18.2 Å². The summed E-state index contributed by atoms with van der Waals surface area (Å²) in [5, 5.41) is 7.22. The lowest BCUT2D eigenvalue weighted by molar-refractivity contribution is -0.116. The number of nitrogens with zero attached hydrogens (tertiary/aromatic N) is 5. The van der Waals surface area contributed by atoms with E-state index in [2.05, 4.69) is 15.4 Å². The number of carbonyl (C=O) groups is 1. The summed E-state index contributed by atoms with van der Waals surface area (Å²) in [4.78, 5) is 17.3. The van der Waals surface area contributed by atoms with Crippen LogP contribution in [0.15, 0.2) is 65.7 Å². The Morgan fingerprint density at radius 1 is 1.09 bits per heavy atom. The topological polar surface area (TPSA) is 102 Å². The largest absolute Gasteiger partial charge is 0.328 e. The van der Waals surface area contributed by atoms with Gasteiger partial charge in [-0.25, -0.2) is 22.4 Å². The van der Waals surface area contributed by atoms with E-state index in [1.54, 1.807) is 35.1 Å². The molecule has 0 aliphatic rings. The molecule has 1 N–H and O–H groups in total. The van der Waals surface area contributed by atoms with E-state index in [9.17, 15) is 13.2 Å². The van der Waals surface area contributed by atoms with Crippen LogP contribution in [0.2, 0.25) is 0 Å². The molecule has 33 heavy (non-hydrogen) atoms. The zero-order chi connectivity index (χ0) is 23.6. The van der Waals surface area contributed by atoms with Crippen molar-refractivity contribution in [2.75, 3.05) is 19.4 Å². The minimum atomic E-state index is -3.55. The molecule has 0 unspecified atom stereocenters. The first-order valence-electron chi connectivity index (χ1n) is 10.6. The number of aryl methyl sites for hydroxylation is 2. The smallest absolute Gasteiger partial charge is 0.242 e. The Balaban J connectivity index is 1.47. The molecule has 0 bridgehead atoms. The molecule has 0 atom stereocenters. The van der Waals surface area contributed by atoms with Crippen LogP contribution in [0, 0.1) is 0 Å². The van der Waals surface area contributed by atoms with Crippen molar-refractivity contribution in [3.63, 3.8) is 0 Å². The summed E-state index contributed by atoms with van der Waals surface area (Å²) in [5.74, 6) is 1.04. The minimum absolute atomic E-state index is 0.168. The van der Waals surface area contributed by atoms with Crippen molar-refractivity contribution >= 4 is 32.8 Å². The first-order valence-corrected chi connectivity index (χ1v) is 12.1. The number of hydrogen-bond donors (Lipinski definition) is 1. The van der Waals surface area contributed by atoms with Gasteiger partial charge in [-0.2, -0.15) is 5.10 Å². The van der Waals surface area contributed by atoms with E-state index in [1.807, 2.05) is 41.8 Å². The van der Waals surface area contributed by atoms with Gasteiger partial charge >= 0.3 is 0 Å². The molecule has 4 rings (SSSR count). The molecule has 9 nitrogen and oxygen atoms in total. The number of imidazole rings is 1. The molecule has 0 radical (unpaired) electrons. The van der Waals surface area contributed by atoms with Gasteiger partial charge < -0.3 is 9.88 Å². The van der Waals surface area contributed by atoms with Crippen LogP contribution >= 0.6 is 0 Å². The van der Waals surface area contributed by atoms with Crippen LogP contribution in [0.25, 0.3) is 16.7 Å². The molecular formula is C23H26N6O3S. The second kappa shape index (κ2) is 9.16. The van der Waals surface area contributed by atoms with Crippen molar-refractivity contribution in [3.05, 3.63) is 66.6 Å². The Labute approximate surface area is 192 Å². The fraction of sp³-hybridized carbons (Fsp3) is 0.261. The quantitative estimate of drug-likeness (QED) is 0.430. The van der Waals surface area contributed by atoms with Crippen LogP contribution in [-0.2, 0) is 27.8 Å². The Hall–Kier alpha value is -3.50. The molecule has 0 spiro atoms. The van der Waals surface area contributed by atoms with Crippen LogP contribution in [0.4, 0.5) is 5.82 Å². The lowest BCUT2D eigenvalue weighted by Crippen LogP contribution is -2.22. The molecule has 2 aromatic carbocycles. The average molecular weight is 467 g/mol. The van der Waals surface area contributed by atoms with Crippen molar-refractivity contribution in [2.45, 2.75) is 31.2 Å². The van der Waals surface area contributed by atoms with E-state index in [4.69, 9.17) is 0 Å². The molecule has 0 saturated heterocycles. The number of fused-ring (bicyclic) bond motifs is 1. The van der Waals surface area contributed by atoms with Gasteiger partial charge in [0.05, 0.1) is 21.6 Å². The number of nitrogens with one attached hydrogen (secondary N) is 1. The normalized spacial score (nSPS) is 11.9. The van der Waals surface area contributed by atoms with Crippen LogP contribution in [-0.4, -0.2) is 52.1 Å². The van der Waals surface area contributed by atoms with Crippen LogP contribution in [0.5, 0.6) is 0 Å². The summed E-state index contributed by atoms with van der Waals surface area (Å²) in [6, 6.07) is 16.3. The van der Waals surface area contributed by atoms with Crippen LogP contribution in [0.3, 0.4) is 0 Å². The molecule has 4 aromatic rings. The summed E-state index contributed by atoms with van der Waals surface area (Å²) >= 11 is 0. The van der Waals surface area contributed by atoms with Crippen molar-refractivity contribution in [2.24, 2.45) is 0 Å². The molecule has 10 heteroatoms. The van der Waals surface area contributed by atoms with Gasteiger partial charge in [0, 0.05) is 45.7 Å². The first kappa shape index (κ1) is 22.7. The number of sulfonamides is 1. The van der Waals surface area contributed by atoms with E-state index in [0.29, 0.717) is 24.3 Å². The molecule has 2 heterocycles. The maximum atomic E-state index is 12.5. The minimum Gasteiger partial charge on any atom is -0.328 e. The molecule has 0 fully saturated rings. The number of amides is 1. The summed E-state index contributed by atoms with van der Waals surface area (Å²) in [5.41, 5.74) is 2.34. The van der Waals surface area contributed by atoms with Gasteiger partial charge in [-0.3, -0.25) is 4.79 Å². The third-order valence-corrected chi connectivity index (χ3v) is 7.16. The zero-order valence-electron chi connectivity index (χ0n) is 18.8. The Kier molecular flexibility index (Phi) is 6.30. The van der Waals surface area contributed by atoms with Crippen molar-refractivity contribution in [3.8, 4) is 5.69 Å². The second-order valence-electron chi connectivity index (χ2n) is 7.74. The number of benzene rings is 2. The van der Waals surface area contributed by atoms with Crippen LogP contribution in [0.1, 0.15) is 19.2 Å². The average Bonchev–Trinajstić information content (AvgIpc) is 3.41. The standard InChI is InChI=1S/C23H26N6O3S/c1-4-28-20-11-10-18(33(31,32)27(2)3)16-19(20)24-22(28)12-13-23(30)25-21-14-15-29(26-21)17-8-6-5-7-9-17/h5-11,14-16H,4,12-13H2,1-3H3,(H,25,26,30). The highest BCUT2D eigenvalue weighted by Crippen LogP contribution is 2.23. The lowest BCUT2D eigenvalue weighted by Gasteiger charge is -2.11. The maximum Gasteiger partial charge on any atom is 0.242 e. The van der Waals surface area contributed by atoms with Crippen LogP contribution < -0.4 is 5.32 Å².